The number of amides is 1. The van der Waals surface area contributed by atoms with Crippen molar-refractivity contribution < 1.29 is 9.53 Å². The maximum atomic E-state index is 12.1. The van der Waals surface area contributed by atoms with Crippen LogP contribution >= 0.6 is 0 Å². The van der Waals surface area contributed by atoms with Crippen LogP contribution in [0.2, 0.25) is 0 Å². The molecule has 0 radical (unpaired) electrons. The molecule has 3 rings (SSSR count). The zero-order valence-corrected chi connectivity index (χ0v) is 13.1. The molecule has 122 valence electrons. The lowest BCUT2D eigenvalue weighted by Gasteiger charge is -2.29. The van der Waals surface area contributed by atoms with E-state index in [1.54, 1.807) is 24.5 Å². The fourth-order valence-corrected chi connectivity index (χ4v) is 2.74. The first-order chi connectivity index (χ1) is 11.8. The van der Waals surface area contributed by atoms with Gasteiger partial charge in [-0.2, -0.15) is 5.26 Å². The van der Waals surface area contributed by atoms with E-state index in [0.717, 1.165) is 25.7 Å². The van der Waals surface area contributed by atoms with Gasteiger partial charge >= 0.3 is 0 Å². The van der Waals surface area contributed by atoms with Crippen LogP contribution in [0.5, 0.6) is 5.88 Å². The van der Waals surface area contributed by atoms with E-state index >= 15 is 0 Å². The van der Waals surface area contributed by atoms with Gasteiger partial charge in [-0.1, -0.05) is 0 Å². The van der Waals surface area contributed by atoms with E-state index in [4.69, 9.17) is 10.00 Å². The van der Waals surface area contributed by atoms with Crippen molar-refractivity contribution in [1.82, 2.24) is 20.3 Å². The summed E-state index contributed by atoms with van der Waals surface area (Å²) < 4.78 is 5.80. The molecule has 2 heterocycles. The van der Waals surface area contributed by atoms with Crippen molar-refractivity contribution in [3.8, 4) is 11.9 Å². The van der Waals surface area contributed by atoms with E-state index in [2.05, 4.69) is 20.3 Å². The van der Waals surface area contributed by atoms with Gasteiger partial charge in [0.25, 0.3) is 11.8 Å². The van der Waals surface area contributed by atoms with E-state index < -0.39 is 0 Å². The fourth-order valence-electron chi connectivity index (χ4n) is 2.74. The van der Waals surface area contributed by atoms with E-state index in [1.807, 2.05) is 6.07 Å². The first kappa shape index (κ1) is 15.9. The number of ether oxygens (including phenoxy) is 1. The van der Waals surface area contributed by atoms with Gasteiger partial charge in [0.15, 0.2) is 0 Å². The Morgan fingerprint density at radius 3 is 2.71 bits per heavy atom. The lowest BCUT2D eigenvalue weighted by molar-refractivity contribution is 0.0889. The molecule has 7 heteroatoms. The molecule has 2 aromatic rings. The highest BCUT2D eigenvalue weighted by atomic mass is 16.5. The Hall–Kier alpha value is -3.01. The number of pyridine rings is 1. The SMILES string of the molecule is N#Cc1nccnc1OC1CCC(NC(=O)c2cccnc2)CC1. The second-order valence-electron chi connectivity index (χ2n) is 5.63. The average molecular weight is 323 g/mol. The summed E-state index contributed by atoms with van der Waals surface area (Å²) in [6.45, 7) is 0. The van der Waals surface area contributed by atoms with Crippen LogP contribution in [0.25, 0.3) is 0 Å². The van der Waals surface area contributed by atoms with Crippen LogP contribution in [0, 0.1) is 11.3 Å². The number of carbonyl (C=O) groups excluding carboxylic acids is 1. The third-order valence-corrected chi connectivity index (χ3v) is 3.98. The summed E-state index contributed by atoms with van der Waals surface area (Å²) in [6, 6.07) is 5.58. The Morgan fingerprint density at radius 1 is 1.21 bits per heavy atom. The Bertz CT molecular complexity index is 736. The average Bonchev–Trinajstić information content (AvgIpc) is 2.64. The van der Waals surface area contributed by atoms with Gasteiger partial charge in [-0.05, 0) is 37.8 Å². The van der Waals surface area contributed by atoms with E-state index in [9.17, 15) is 4.79 Å². The third kappa shape index (κ3) is 3.84. The van der Waals surface area contributed by atoms with Crippen LogP contribution < -0.4 is 10.1 Å². The van der Waals surface area contributed by atoms with E-state index in [0.29, 0.717) is 5.56 Å². The van der Waals surface area contributed by atoms with Gasteiger partial charge in [-0.25, -0.2) is 9.97 Å². The fraction of sp³-hybridized carbons (Fsp3) is 0.353. The molecular formula is C17H17N5O2. The molecule has 7 nitrogen and oxygen atoms in total. The molecule has 0 saturated heterocycles. The van der Waals surface area contributed by atoms with Crippen molar-refractivity contribution in [3.63, 3.8) is 0 Å². The molecule has 2 aromatic heterocycles. The van der Waals surface area contributed by atoms with Gasteiger partial charge in [0.05, 0.1) is 5.56 Å². The molecule has 1 fully saturated rings. The number of carbonyl (C=O) groups is 1. The molecule has 0 bridgehead atoms. The van der Waals surface area contributed by atoms with Crippen LogP contribution in [0.3, 0.4) is 0 Å². The summed E-state index contributed by atoms with van der Waals surface area (Å²) in [5, 5.41) is 12.0. The van der Waals surface area contributed by atoms with Gasteiger partial charge in [-0.15, -0.1) is 0 Å². The molecule has 0 aliphatic heterocycles. The highest BCUT2D eigenvalue weighted by molar-refractivity contribution is 5.93. The zero-order valence-electron chi connectivity index (χ0n) is 13.1. The monoisotopic (exact) mass is 323 g/mol. The van der Waals surface area contributed by atoms with Gasteiger partial charge in [-0.3, -0.25) is 9.78 Å². The van der Waals surface area contributed by atoms with Gasteiger partial charge in [0.2, 0.25) is 5.69 Å². The maximum Gasteiger partial charge on any atom is 0.253 e. The van der Waals surface area contributed by atoms with Crippen molar-refractivity contribution in [1.29, 1.82) is 5.26 Å². The van der Waals surface area contributed by atoms with Gasteiger partial charge < -0.3 is 10.1 Å². The highest BCUT2D eigenvalue weighted by Gasteiger charge is 2.25. The Labute approximate surface area is 139 Å². The summed E-state index contributed by atoms with van der Waals surface area (Å²) in [5.41, 5.74) is 0.763. The smallest absolute Gasteiger partial charge is 0.253 e. The lowest BCUT2D eigenvalue weighted by atomic mass is 9.92. The molecule has 1 aliphatic rings. The number of nitrogens with one attached hydrogen (secondary N) is 1. The van der Waals surface area contributed by atoms with Gasteiger partial charge in [0.1, 0.15) is 12.2 Å². The minimum atomic E-state index is -0.104. The van der Waals surface area contributed by atoms with Crippen molar-refractivity contribution >= 4 is 5.91 Å². The maximum absolute atomic E-state index is 12.1. The Morgan fingerprint density at radius 2 is 2.00 bits per heavy atom. The molecule has 24 heavy (non-hydrogen) atoms. The summed E-state index contributed by atoms with van der Waals surface area (Å²) >= 11 is 0. The van der Waals surface area contributed by atoms with Crippen LogP contribution in [0.15, 0.2) is 36.9 Å². The topological polar surface area (TPSA) is 101 Å². The molecule has 1 N–H and O–H groups in total. The van der Waals surface area contributed by atoms with Crippen LogP contribution in [-0.4, -0.2) is 33.0 Å². The number of hydrogen-bond donors (Lipinski definition) is 1. The molecule has 0 unspecified atom stereocenters. The third-order valence-electron chi connectivity index (χ3n) is 3.98. The highest BCUT2D eigenvalue weighted by Crippen LogP contribution is 2.24. The second kappa shape index (κ2) is 7.51. The molecule has 1 saturated carbocycles. The van der Waals surface area contributed by atoms with E-state index in [-0.39, 0.29) is 29.6 Å². The largest absolute Gasteiger partial charge is 0.472 e. The predicted molar refractivity (Wildman–Crippen MR) is 85.1 cm³/mol. The molecule has 1 amide bonds. The second-order valence-corrected chi connectivity index (χ2v) is 5.63. The molecule has 0 atom stereocenters. The normalized spacial score (nSPS) is 20.0. The van der Waals surface area contributed by atoms with Crippen LogP contribution in [0.4, 0.5) is 0 Å². The Kier molecular flexibility index (Phi) is 4.96. The molecule has 1 aliphatic carbocycles. The minimum absolute atomic E-state index is 0.0136. The number of hydrogen-bond acceptors (Lipinski definition) is 6. The minimum Gasteiger partial charge on any atom is -0.472 e. The van der Waals surface area contributed by atoms with Gasteiger partial charge in [0, 0.05) is 30.8 Å². The van der Waals surface area contributed by atoms with E-state index in [1.165, 1.54) is 12.4 Å². The summed E-state index contributed by atoms with van der Waals surface area (Å²) in [4.78, 5) is 24.1. The summed E-state index contributed by atoms with van der Waals surface area (Å²) in [5.74, 6) is 0.177. The van der Waals surface area contributed by atoms with Crippen molar-refractivity contribution in [2.75, 3.05) is 0 Å². The number of nitriles is 1. The standard InChI is InChI=1S/C17H17N5O2/c18-10-15-17(21-9-8-20-15)24-14-5-3-13(4-6-14)22-16(23)12-2-1-7-19-11-12/h1-2,7-9,11,13-14H,3-6H2,(H,22,23). The molecule has 0 aromatic carbocycles. The van der Waals surface area contributed by atoms with Crippen LogP contribution in [0.1, 0.15) is 41.7 Å². The first-order valence-electron chi connectivity index (χ1n) is 7.85. The number of aromatic nitrogens is 3. The first-order valence-corrected chi connectivity index (χ1v) is 7.85. The Balaban J connectivity index is 1.51. The zero-order chi connectivity index (χ0) is 16.8. The molecular weight excluding hydrogens is 306 g/mol. The van der Waals surface area contributed by atoms with Crippen molar-refractivity contribution in [3.05, 3.63) is 48.2 Å². The lowest BCUT2D eigenvalue weighted by Crippen LogP contribution is -2.39. The quantitative estimate of drug-likeness (QED) is 0.921. The van der Waals surface area contributed by atoms with Crippen molar-refractivity contribution in [2.24, 2.45) is 0 Å². The predicted octanol–water partition coefficient (Wildman–Crippen LogP) is 1.86. The summed E-state index contributed by atoms with van der Waals surface area (Å²) in [6.07, 6.45) is 9.38. The number of nitrogens with zero attached hydrogens (tertiary/aromatic N) is 4. The van der Waals surface area contributed by atoms with Crippen molar-refractivity contribution in [2.45, 2.75) is 37.8 Å². The molecule has 0 spiro atoms. The van der Waals surface area contributed by atoms with Crippen LogP contribution in [-0.2, 0) is 0 Å². The number of rotatable bonds is 4. The summed E-state index contributed by atoms with van der Waals surface area (Å²) in [7, 11) is 0.